The van der Waals surface area contributed by atoms with Gasteiger partial charge < -0.3 is 15.4 Å². The lowest BCUT2D eigenvalue weighted by Gasteiger charge is -2.18. The zero-order valence-corrected chi connectivity index (χ0v) is 11.8. The van der Waals surface area contributed by atoms with E-state index in [1.54, 1.807) is 0 Å². The van der Waals surface area contributed by atoms with E-state index >= 15 is 0 Å². The summed E-state index contributed by atoms with van der Waals surface area (Å²) in [6, 6.07) is 3.76. The number of hydrogen-bond donors (Lipinski definition) is 2. The summed E-state index contributed by atoms with van der Waals surface area (Å²) in [5, 5.41) is 4.73. The Morgan fingerprint density at radius 3 is 2.27 bits per heavy atom. The van der Waals surface area contributed by atoms with Crippen molar-refractivity contribution in [2.75, 3.05) is 17.2 Å². The molecule has 1 rings (SSSR count). The molecule has 0 aromatic heterocycles. The van der Waals surface area contributed by atoms with Crippen molar-refractivity contribution in [2.24, 2.45) is 0 Å². The van der Waals surface area contributed by atoms with Gasteiger partial charge in [-0.05, 0) is 18.2 Å². The third kappa shape index (κ3) is 5.23. The minimum atomic E-state index is -4.32. The van der Waals surface area contributed by atoms with Gasteiger partial charge in [0, 0.05) is 19.5 Å². The van der Waals surface area contributed by atoms with Gasteiger partial charge in [-0.25, -0.2) is 8.78 Å². The van der Waals surface area contributed by atoms with Crippen LogP contribution in [0.3, 0.4) is 0 Å². The van der Waals surface area contributed by atoms with E-state index in [2.05, 4.69) is 15.4 Å². The number of benzene rings is 1. The quantitative estimate of drug-likeness (QED) is 0.791. The predicted octanol–water partition coefficient (Wildman–Crippen LogP) is 2.88. The Morgan fingerprint density at radius 2 is 1.77 bits per heavy atom. The number of alkyl halides is 4. The number of nitrogens with one attached hydrogen (secondary N) is 2. The lowest BCUT2D eigenvalue weighted by molar-refractivity contribution is -0.148. The molecule has 0 radical (unpaired) electrons. The predicted molar refractivity (Wildman–Crippen MR) is 71.5 cm³/mol. The van der Waals surface area contributed by atoms with E-state index in [1.165, 1.54) is 32.0 Å². The SMILES string of the molecule is CC(=O)Nc1ccc(OCC(F)(F)C(F)F)c(NC(C)=O)c1. The molecule has 2 amide bonds. The molecule has 0 saturated carbocycles. The normalized spacial score (nSPS) is 11.2. The molecule has 22 heavy (non-hydrogen) atoms. The molecule has 0 saturated heterocycles. The van der Waals surface area contributed by atoms with Gasteiger partial charge in [-0.15, -0.1) is 0 Å². The van der Waals surface area contributed by atoms with Crippen LogP contribution in [0.4, 0.5) is 28.9 Å². The van der Waals surface area contributed by atoms with Crippen molar-refractivity contribution in [3.63, 3.8) is 0 Å². The second kappa shape index (κ2) is 7.10. The van der Waals surface area contributed by atoms with E-state index in [4.69, 9.17) is 0 Å². The van der Waals surface area contributed by atoms with Gasteiger partial charge in [0.05, 0.1) is 5.69 Å². The highest BCUT2D eigenvalue weighted by Gasteiger charge is 2.41. The molecule has 0 aliphatic rings. The van der Waals surface area contributed by atoms with Crippen LogP contribution in [0.2, 0.25) is 0 Å². The Hall–Kier alpha value is -2.32. The Balaban J connectivity index is 2.97. The van der Waals surface area contributed by atoms with Crippen molar-refractivity contribution >= 4 is 23.2 Å². The Kier molecular flexibility index (Phi) is 5.72. The summed E-state index contributed by atoms with van der Waals surface area (Å²) in [7, 11) is 0. The van der Waals surface area contributed by atoms with Gasteiger partial charge in [0.1, 0.15) is 5.75 Å². The monoisotopic (exact) mass is 322 g/mol. The summed E-state index contributed by atoms with van der Waals surface area (Å²) in [5.74, 6) is -5.44. The van der Waals surface area contributed by atoms with Gasteiger partial charge in [0.2, 0.25) is 11.8 Å². The Labute approximate surface area is 123 Å². The third-order valence-electron chi connectivity index (χ3n) is 2.35. The van der Waals surface area contributed by atoms with Crippen LogP contribution in [0, 0.1) is 0 Å². The molecule has 0 aliphatic heterocycles. The minimum Gasteiger partial charge on any atom is -0.485 e. The third-order valence-corrected chi connectivity index (χ3v) is 2.35. The number of carbonyl (C=O) groups is 2. The molecule has 0 bridgehead atoms. The van der Waals surface area contributed by atoms with Crippen LogP contribution < -0.4 is 15.4 Å². The standard InChI is InChI=1S/C13H14F4N2O3/c1-7(20)18-9-3-4-11(10(5-9)19-8(2)21)22-6-13(16,17)12(14)15/h3-5,12H,6H2,1-2H3,(H,18,20)(H,19,21). The number of rotatable bonds is 6. The second-order valence-electron chi connectivity index (χ2n) is 4.42. The number of halogens is 4. The summed E-state index contributed by atoms with van der Waals surface area (Å²) in [5.41, 5.74) is 0.257. The Bertz CT molecular complexity index is 564. The first-order chi connectivity index (χ1) is 10.1. The van der Waals surface area contributed by atoms with E-state index in [0.717, 1.165) is 0 Å². The first-order valence-electron chi connectivity index (χ1n) is 6.10. The molecular weight excluding hydrogens is 308 g/mol. The van der Waals surface area contributed by atoms with Gasteiger partial charge in [0.15, 0.2) is 6.61 Å². The van der Waals surface area contributed by atoms with Gasteiger partial charge in [-0.2, -0.15) is 8.78 Å². The zero-order chi connectivity index (χ0) is 16.9. The van der Waals surface area contributed by atoms with E-state index in [0.29, 0.717) is 0 Å². The highest BCUT2D eigenvalue weighted by Crippen LogP contribution is 2.31. The lowest BCUT2D eigenvalue weighted by atomic mass is 10.2. The summed E-state index contributed by atoms with van der Waals surface area (Å²) in [4.78, 5) is 22.0. The molecule has 2 N–H and O–H groups in total. The van der Waals surface area contributed by atoms with Crippen molar-refractivity contribution in [3.05, 3.63) is 18.2 Å². The first-order valence-corrected chi connectivity index (χ1v) is 6.10. The number of anilines is 2. The van der Waals surface area contributed by atoms with Crippen LogP contribution in [0.5, 0.6) is 5.75 Å². The van der Waals surface area contributed by atoms with E-state index in [9.17, 15) is 27.2 Å². The number of hydrogen-bond acceptors (Lipinski definition) is 3. The van der Waals surface area contributed by atoms with Gasteiger partial charge >= 0.3 is 12.3 Å². The van der Waals surface area contributed by atoms with Gasteiger partial charge in [-0.1, -0.05) is 0 Å². The fourth-order valence-corrected chi connectivity index (χ4v) is 1.46. The topological polar surface area (TPSA) is 67.4 Å². The van der Waals surface area contributed by atoms with Crippen molar-refractivity contribution < 1.29 is 31.9 Å². The average Bonchev–Trinajstić information content (AvgIpc) is 2.36. The van der Waals surface area contributed by atoms with Crippen LogP contribution in [0.15, 0.2) is 18.2 Å². The zero-order valence-electron chi connectivity index (χ0n) is 11.8. The number of amides is 2. The first kappa shape index (κ1) is 17.7. The molecule has 1 aromatic rings. The van der Waals surface area contributed by atoms with Crippen LogP contribution in [0.25, 0.3) is 0 Å². The van der Waals surface area contributed by atoms with Gasteiger partial charge in [-0.3, -0.25) is 9.59 Å². The molecule has 122 valence electrons. The Morgan fingerprint density at radius 1 is 1.18 bits per heavy atom. The smallest absolute Gasteiger partial charge is 0.340 e. The molecular formula is C13H14F4N2O3. The fraction of sp³-hybridized carbons (Fsp3) is 0.385. The summed E-state index contributed by atoms with van der Waals surface area (Å²) >= 11 is 0. The maximum absolute atomic E-state index is 12.9. The summed E-state index contributed by atoms with van der Waals surface area (Å²) in [6.45, 7) is 0.880. The van der Waals surface area contributed by atoms with Gasteiger partial charge in [0.25, 0.3) is 0 Å². The average molecular weight is 322 g/mol. The fourth-order valence-electron chi connectivity index (χ4n) is 1.46. The highest BCUT2D eigenvalue weighted by molar-refractivity contribution is 5.93. The number of carbonyl (C=O) groups excluding carboxylic acids is 2. The molecule has 9 heteroatoms. The van der Waals surface area contributed by atoms with Crippen molar-refractivity contribution in [2.45, 2.75) is 26.2 Å². The number of ether oxygens (including phenoxy) is 1. The molecule has 5 nitrogen and oxygen atoms in total. The molecule has 0 unspecified atom stereocenters. The minimum absolute atomic E-state index is 0.0242. The van der Waals surface area contributed by atoms with Crippen LogP contribution in [-0.2, 0) is 9.59 Å². The molecule has 0 heterocycles. The van der Waals surface area contributed by atoms with Crippen LogP contribution in [0.1, 0.15) is 13.8 Å². The summed E-state index contributed by atoms with van der Waals surface area (Å²) < 4.78 is 54.6. The molecule has 0 aliphatic carbocycles. The van der Waals surface area contributed by atoms with Crippen molar-refractivity contribution in [3.8, 4) is 5.75 Å². The van der Waals surface area contributed by atoms with E-state index in [1.807, 2.05) is 0 Å². The summed E-state index contributed by atoms with van der Waals surface area (Å²) in [6.07, 6.45) is -3.87. The van der Waals surface area contributed by atoms with Crippen molar-refractivity contribution in [1.29, 1.82) is 0 Å². The second-order valence-corrected chi connectivity index (χ2v) is 4.42. The highest BCUT2D eigenvalue weighted by atomic mass is 19.3. The largest absolute Gasteiger partial charge is 0.485 e. The molecule has 0 atom stereocenters. The van der Waals surface area contributed by atoms with Crippen LogP contribution >= 0.6 is 0 Å². The van der Waals surface area contributed by atoms with E-state index in [-0.39, 0.29) is 23.0 Å². The molecule has 0 fully saturated rings. The van der Waals surface area contributed by atoms with Crippen LogP contribution in [-0.4, -0.2) is 30.8 Å². The van der Waals surface area contributed by atoms with Crippen molar-refractivity contribution in [1.82, 2.24) is 0 Å². The molecule has 1 aromatic carbocycles. The maximum Gasteiger partial charge on any atom is 0.340 e. The lowest BCUT2D eigenvalue weighted by Crippen LogP contribution is -2.33. The van der Waals surface area contributed by atoms with E-state index < -0.39 is 24.9 Å². The maximum atomic E-state index is 12.9. The molecule has 0 spiro atoms.